The molecule has 2 rings (SSSR count). The zero-order valence-electron chi connectivity index (χ0n) is 10.8. The smallest absolute Gasteiger partial charge is 0.252 e. The lowest BCUT2D eigenvalue weighted by Crippen LogP contribution is -2.28. The van der Waals surface area contributed by atoms with Gasteiger partial charge in [-0.2, -0.15) is 0 Å². The van der Waals surface area contributed by atoms with E-state index in [9.17, 15) is 9.90 Å². The SMILES string of the molecule is O=C(NCC(O)c1cc(Cl)cc(Cl)c1)c1ccccc1Cl. The molecular formula is C15H12Cl3NO2. The number of hydrogen-bond donors (Lipinski definition) is 2. The Morgan fingerprint density at radius 3 is 2.33 bits per heavy atom. The van der Waals surface area contributed by atoms with Crippen molar-refractivity contribution in [1.29, 1.82) is 0 Å². The van der Waals surface area contributed by atoms with Crippen molar-refractivity contribution in [3.05, 3.63) is 68.7 Å². The standard InChI is InChI=1S/C15H12Cl3NO2/c16-10-5-9(6-11(17)7-10)14(20)8-19-15(21)12-3-1-2-4-13(12)18/h1-7,14,20H,8H2,(H,19,21). The molecular weight excluding hydrogens is 333 g/mol. The third kappa shape index (κ3) is 4.35. The second-order valence-electron chi connectivity index (χ2n) is 4.41. The van der Waals surface area contributed by atoms with E-state index in [0.717, 1.165) is 0 Å². The topological polar surface area (TPSA) is 49.3 Å². The average molecular weight is 345 g/mol. The molecule has 0 saturated heterocycles. The van der Waals surface area contributed by atoms with Crippen molar-refractivity contribution in [3.63, 3.8) is 0 Å². The van der Waals surface area contributed by atoms with Gasteiger partial charge in [0.15, 0.2) is 0 Å². The largest absolute Gasteiger partial charge is 0.387 e. The zero-order chi connectivity index (χ0) is 15.4. The lowest BCUT2D eigenvalue weighted by Gasteiger charge is -2.13. The Morgan fingerprint density at radius 1 is 1.10 bits per heavy atom. The number of nitrogens with one attached hydrogen (secondary N) is 1. The van der Waals surface area contributed by atoms with Crippen LogP contribution < -0.4 is 5.32 Å². The summed E-state index contributed by atoms with van der Waals surface area (Å²) in [5.41, 5.74) is 0.891. The van der Waals surface area contributed by atoms with Crippen LogP contribution >= 0.6 is 34.8 Å². The van der Waals surface area contributed by atoms with Gasteiger partial charge in [-0.1, -0.05) is 46.9 Å². The zero-order valence-corrected chi connectivity index (χ0v) is 13.1. The van der Waals surface area contributed by atoms with Gasteiger partial charge in [0.1, 0.15) is 0 Å². The molecule has 0 aliphatic rings. The van der Waals surface area contributed by atoms with Crippen molar-refractivity contribution in [2.24, 2.45) is 0 Å². The number of aliphatic hydroxyl groups excluding tert-OH is 1. The second kappa shape index (κ2) is 7.14. The molecule has 2 aromatic rings. The van der Waals surface area contributed by atoms with Crippen LogP contribution in [0.3, 0.4) is 0 Å². The summed E-state index contributed by atoms with van der Waals surface area (Å²) in [7, 11) is 0. The minimum atomic E-state index is -0.910. The Labute approximate surface area is 137 Å². The molecule has 2 N–H and O–H groups in total. The Hall–Kier alpha value is -1.26. The molecule has 21 heavy (non-hydrogen) atoms. The van der Waals surface area contributed by atoms with Crippen LogP contribution in [-0.2, 0) is 0 Å². The van der Waals surface area contributed by atoms with Gasteiger partial charge in [-0.25, -0.2) is 0 Å². The van der Waals surface area contributed by atoms with Crippen molar-refractivity contribution >= 4 is 40.7 Å². The molecule has 0 radical (unpaired) electrons. The van der Waals surface area contributed by atoms with Crippen molar-refractivity contribution in [2.75, 3.05) is 6.54 Å². The van der Waals surface area contributed by atoms with Gasteiger partial charge >= 0.3 is 0 Å². The highest BCUT2D eigenvalue weighted by Crippen LogP contribution is 2.23. The first kappa shape index (κ1) is 16.1. The Kier molecular flexibility index (Phi) is 5.48. The first-order chi connectivity index (χ1) is 9.97. The van der Waals surface area contributed by atoms with E-state index in [1.54, 1.807) is 42.5 Å². The molecule has 0 bridgehead atoms. The van der Waals surface area contributed by atoms with Gasteiger partial charge < -0.3 is 10.4 Å². The number of halogens is 3. The van der Waals surface area contributed by atoms with E-state index in [1.807, 2.05) is 0 Å². The normalized spacial score (nSPS) is 12.0. The highest BCUT2D eigenvalue weighted by atomic mass is 35.5. The third-order valence-electron chi connectivity index (χ3n) is 2.84. The van der Waals surface area contributed by atoms with Crippen molar-refractivity contribution in [2.45, 2.75) is 6.10 Å². The van der Waals surface area contributed by atoms with Crippen molar-refractivity contribution in [3.8, 4) is 0 Å². The summed E-state index contributed by atoms with van der Waals surface area (Å²) in [5.74, 6) is -0.354. The number of aliphatic hydroxyl groups is 1. The fourth-order valence-electron chi connectivity index (χ4n) is 1.82. The molecule has 0 fully saturated rings. The second-order valence-corrected chi connectivity index (χ2v) is 5.69. The number of carbonyl (C=O) groups excluding carboxylic acids is 1. The van der Waals surface area contributed by atoms with Crippen molar-refractivity contribution in [1.82, 2.24) is 5.32 Å². The lowest BCUT2D eigenvalue weighted by molar-refractivity contribution is 0.0916. The van der Waals surface area contributed by atoms with Gasteiger partial charge in [0.05, 0.1) is 16.7 Å². The molecule has 6 heteroatoms. The summed E-state index contributed by atoms with van der Waals surface area (Å²) in [6.45, 7) is 0.0285. The van der Waals surface area contributed by atoms with Gasteiger partial charge in [-0.15, -0.1) is 0 Å². The highest BCUT2D eigenvalue weighted by molar-refractivity contribution is 6.34. The minimum Gasteiger partial charge on any atom is -0.387 e. The van der Waals surface area contributed by atoms with Gasteiger partial charge in [0.25, 0.3) is 5.91 Å². The minimum absolute atomic E-state index is 0.0285. The average Bonchev–Trinajstić information content (AvgIpc) is 2.43. The predicted molar refractivity (Wildman–Crippen MR) is 85.2 cm³/mol. The summed E-state index contributed by atoms with van der Waals surface area (Å²) >= 11 is 17.7. The van der Waals surface area contributed by atoms with Crippen LogP contribution in [0.4, 0.5) is 0 Å². The predicted octanol–water partition coefficient (Wildman–Crippen LogP) is 4.11. The van der Waals surface area contributed by atoms with Gasteiger partial charge in [-0.3, -0.25) is 4.79 Å². The molecule has 0 heterocycles. The summed E-state index contributed by atoms with van der Waals surface area (Å²) in [6, 6.07) is 11.5. The van der Waals surface area contributed by atoms with Crippen LogP contribution in [0.15, 0.2) is 42.5 Å². The Bertz CT molecular complexity index is 641. The fraction of sp³-hybridized carbons (Fsp3) is 0.133. The first-order valence-corrected chi connectivity index (χ1v) is 7.27. The van der Waals surface area contributed by atoms with E-state index in [2.05, 4.69) is 5.32 Å². The highest BCUT2D eigenvalue weighted by Gasteiger charge is 2.13. The van der Waals surface area contributed by atoms with E-state index in [1.165, 1.54) is 0 Å². The monoisotopic (exact) mass is 343 g/mol. The quantitative estimate of drug-likeness (QED) is 0.877. The molecule has 1 amide bonds. The molecule has 0 saturated carbocycles. The van der Waals surface area contributed by atoms with E-state index in [4.69, 9.17) is 34.8 Å². The molecule has 1 atom stereocenters. The summed E-state index contributed by atoms with van der Waals surface area (Å²) in [4.78, 5) is 12.0. The van der Waals surface area contributed by atoms with Crippen LogP contribution in [-0.4, -0.2) is 17.6 Å². The molecule has 110 valence electrons. The number of rotatable bonds is 4. The maximum atomic E-state index is 12.0. The number of carbonyl (C=O) groups is 1. The number of amides is 1. The summed E-state index contributed by atoms with van der Waals surface area (Å²) < 4.78 is 0. The fourth-order valence-corrected chi connectivity index (χ4v) is 2.58. The van der Waals surface area contributed by atoms with E-state index < -0.39 is 6.10 Å². The van der Waals surface area contributed by atoms with Gasteiger partial charge in [0.2, 0.25) is 0 Å². The van der Waals surface area contributed by atoms with Crippen LogP contribution in [0.5, 0.6) is 0 Å². The maximum absolute atomic E-state index is 12.0. The maximum Gasteiger partial charge on any atom is 0.252 e. The van der Waals surface area contributed by atoms with Crippen LogP contribution in [0.25, 0.3) is 0 Å². The van der Waals surface area contributed by atoms with Gasteiger partial charge in [-0.05, 0) is 35.9 Å². The summed E-state index contributed by atoms with van der Waals surface area (Å²) in [5, 5.41) is 13.9. The van der Waals surface area contributed by atoms with Crippen LogP contribution in [0.1, 0.15) is 22.0 Å². The number of hydrogen-bond acceptors (Lipinski definition) is 2. The van der Waals surface area contributed by atoms with Crippen LogP contribution in [0.2, 0.25) is 15.1 Å². The molecule has 0 aliphatic carbocycles. The van der Waals surface area contributed by atoms with E-state index in [0.29, 0.717) is 26.2 Å². The Balaban J connectivity index is 2.02. The van der Waals surface area contributed by atoms with E-state index in [-0.39, 0.29) is 12.5 Å². The van der Waals surface area contributed by atoms with Crippen molar-refractivity contribution < 1.29 is 9.90 Å². The number of benzene rings is 2. The molecule has 3 nitrogen and oxygen atoms in total. The Morgan fingerprint density at radius 2 is 1.71 bits per heavy atom. The lowest BCUT2D eigenvalue weighted by atomic mass is 10.1. The molecule has 0 aromatic heterocycles. The molecule has 2 aromatic carbocycles. The molecule has 1 unspecified atom stereocenters. The van der Waals surface area contributed by atoms with E-state index >= 15 is 0 Å². The van der Waals surface area contributed by atoms with Crippen LogP contribution in [0, 0.1) is 0 Å². The van der Waals surface area contributed by atoms with Gasteiger partial charge in [0, 0.05) is 16.6 Å². The molecule has 0 spiro atoms. The third-order valence-corrected chi connectivity index (χ3v) is 3.61. The first-order valence-electron chi connectivity index (χ1n) is 6.14. The molecule has 0 aliphatic heterocycles. The summed E-state index contributed by atoms with van der Waals surface area (Å²) in [6.07, 6.45) is -0.910.